The summed E-state index contributed by atoms with van der Waals surface area (Å²) in [4.78, 5) is 23.3. The van der Waals surface area contributed by atoms with Crippen molar-refractivity contribution in [1.82, 2.24) is 10.6 Å². The molecule has 0 heterocycles. The van der Waals surface area contributed by atoms with Crippen molar-refractivity contribution >= 4 is 33.8 Å². The maximum absolute atomic E-state index is 11.7. The zero-order valence-corrected chi connectivity index (χ0v) is 14.8. The highest BCUT2D eigenvalue weighted by atomic mass is 79.9. The molecule has 1 aromatic carbocycles. The molecule has 0 unspecified atom stereocenters. The summed E-state index contributed by atoms with van der Waals surface area (Å²) in [5, 5.41) is 5.31. The monoisotopic (exact) mass is 368 g/mol. The number of rotatable bonds is 5. The SMILES string of the molecule is COc1ccc(Br)cc1/C=C/C(=O)NCC(=O)NC(C)(C)C. The van der Waals surface area contributed by atoms with E-state index in [0.717, 1.165) is 10.0 Å². The van der Waals surface area contributed by atoms with Crippen molar-refractivity contribution in [1.29, 1.82) is 0 Å². The number of halogens is 1. The number of benzene rings is 1. The second-order valence-electron chi connectivity index (χ2n) is 5.74. The second-order valence-corrected chi connectivity index (χ2v) is 6.65. The Morgan fingerprint density at radius 3 is 2.59 bits per heavy atom. The van der Waals surface area contributed by atoms with Gasteiger partial charge in [0.25, 0.3) is 0 Å². The zero-order chi connectivity index (χ0) is 16.8. The molecule has 0 saturated heterocycles. The minimum Gasteiger partial charge on any atom is -0.496 e. The number of carbonyl (C=O) groups is 2. The van der Waals surface area contributed by atoms with E-state index in [9.17, 15) is 9.59 Å². The molecule has 5 nitrogen and oxygen atoms in total. The molecular weight excluding hydrogens is 348 g/mol. The lowest BCUT2D eigenvalue weighted by Crippen LogP contribution is -2.45. The number of amides is 2. The highest BCUT2D eigenvalue weighted by Gasteiger charge is 2.13. The van der Waals surface area contributed by atoms with E-state index in [-0.39, 0.29) is 23.9 Å². The van der Waals surface area contributed by atoms with Crippen molar-refractivity contribution in [3.8, 4) is 5.75 Å². The van der Waals surface area contributed by atoms with Gasteiger partial charge in [0.05, 0.1) is 13.7 Å². The number of methoxy groups -OCH3 is 1. The van der Waals surface area contributed by atoms with E-state index in [1.165, 1.54) is 6.08 Å². The standard InChI is InChI=1S/C16H21BrN2O3/c1-16(2,3)19-15(21)10-18-14(20)8-5-11-9-12(17)6-7-13(11)22-4/h5-9H,10H2,1-4H3,(H,18,20)(H,19,21)/b8-5+. The molecule has 0 aliphatic carbocycles. The summed E-state index contributed by atoms with van der Waals surface area (Å²) in [6.45, 7) is 5.58. The third-order valence-corrected chi connectivity index (χ3v) is 3.04. The lowest BCUT2D eigenvalue weighted by Gasteiger charge is -2.20. The number of carbonyl (C=O) groups excluding carboxylic acids is 2. The fraction of sp³-hybridized carbons (Fsp3) is 0.375. The maximum Gasteiger partial charge on any atom is 0.244 e. The van der Waals surface area contributed by atoms with Gasteiger partial charge in [-0.05, 0) is 45.0 Å². The Labute approximate surface area is 139 Å². The molecule has 0 fully saturated rings. The van der Waals surface area contributed by atoms with Crippen molar-refractivity contribution in [2.45, 2.75) is 26.3 Å². The van der Waals surface area contributed by atoms with Crippen LogP contribution < -0.4 is 15.4 Å². The van der Waals surface area contributed by atoms with Gasteiger partial charge < -0.3 is 15.4 Å². The Kier molecular flexibility index (Phi) is 6.61. The van der Waals surface area contributed by atoms with Crippen molar-refractivity contribution in [3.05, 3.63) is 34.3 Å². The largest absolute Gasteiger partial charge is 0.496 e. The van der Waals surface area contributed by atoms with Crippen molar-refractivity contribution in [3.63, 3.8) is 0 Å². The van der Waals surface area contributed by atoms with Gasteiger partial charge in [0, 0.05) is 21.7 Å². The first-order chi connectivity index (χ1) is 10.2. The first kappa shape index (κ1) is 18.2. The molecule has 0 radical (unpaired) electrons. The lowest BCUT2D eigenvalue weighted by atomic mass is 10.1. The molecule has 0 aliphatic rings. The van der Waals surface area contributed by atoms with Crippen LogP contribution in [0.5, 0.6) is 5.75 Å². The predicted octanol–water partition coefficient (Wildman–Crippen LogP) is 2.50. The average Bonchev–Trinajstić information content (AvgIpc) is 2.41. The Hall–Kier alpha value is -1.82. The molecule has 2 amide bonds. The molecular formula is C16H21BrN2O3. The van der Waals surface area contributed by atoms with Crippen molar-refractivity contribution in [2.75, 3.05) is 13.7 Å². The first-order valence-electron chi connectivity index (χ1n) is 6.82. The average molecular weight is 369 g/mol. The highest BCUT2D eigenvalue weighted by Crippen LogP contribution is 2.23. The number of ether oxygens (including phenoxy) is 1. The summed E-state index contributed by atoms with van der Waals surface area (Å²) in [6, 6.07) is 5.50. The van der Waals surface area contributed by atoms with E-state index < -0.39 is 0 Å². The summed E-state index contributed by atoms with van der Waals surface area (Å²) in [7, 11) is 1.57. The minimum atomic E-state index is -0.342. The molecule has 2 N–H and O–H groups in total. The first-order valence-corrected chi connectivity index (χ1v) is 7.61. The van der Waals surface area contributed by atoms with E-state index >= 15 is 0 Å². The summed E-state index contributed by atoms with van der Waals surface area (Å²) in [5.41, 5.74) is 0.451. The molecule has 0 aromatic heterocycles. The van der Waals surface area contributed by atoms with E-state index in [2.05, 4.69) is 26.6 Å². The molecule has 1 rings (SSSR count). The molecule has 0 spiro atoms. The molecule has 0 atom stereocenters. The quantitative estimate of drug-likeness (QED) is 0.784. The Bertz CT molecular complexity index is 577. The van der Waals surface area contributed by atoms with Crippen molar-refractivity contribution in [2.24, 2.45) is 0 Å². The second kappa shape index (κ2) is 7.98. The molecule has 22 heavy (non-hydrogen) atoms. The van der Waals surface area contributed by atoms with Crippen LogP contribution in [0, 0.1) is 0 Å². The van der Waals surface area contributed by atoms with Crippen LogP contribution in [0.1, 0.15) is 26.3 Å². The van der Waals surface area contributed by atoms with Crippen LogP contribution in [0.15, 0.2) is 28.7 Å². The van der Waals surface area contributed by atoms with Crippen LogP contribution in [-0.2, 0) is 9.59 Å². The fourth-order valence-electron chi connectivity index (χ4n) is 1.69. The lowest BCUT2D eigenvalue weighted by molar-refractivity contribution is -0.124. The van der Waals surface area contributed by atoms with Crippen LogP contribution in [0.3, 0.4) is 0 Å². The molecule has 0 aliphatic heterocycles. The Morgan fingerprint density at radius 1 is 1.32 bits per heavy atom. The molecule has 6 heteroatoms. The zero-order valence-electron chi connectivity index (χ0n) is 13.2. The summed E-state index contributed by atoms with van der Waals surface area (Å²) in [5.74, 6) is 0.0955. The van der Waals surface area contributed by atoms with Gasteiger partial charge in [0.15, 0.2) is 0 Å². The van der Waals surface area contributed by atoms with Gasteiger partial charge in [-0.15, -0.1) is 0 Å². The fourth-order valence-corrected chi connectivity index (χ4v) is 2.07. The molecule has 0 bridgehead atoms. The van der Waals surface area contributed by atoms with Crippen LogP contribution in [0.2, 0.25) is 0 Å². The van der Waals surface area contributed by atoms with Gasteiger partial charge in [-0.2, -0.15) is 0 Å². The van der Waals surface area contributed by atoms with Gasteiger partial charge in [-0.1, -0.05) is 15.9 Å². The van der Waals surface area contributed by atoms with Gasteiger partial charge in [-0.25, -0.2) is 0 Å². The van der Waals surface area contributed by atoms with Crippen LogP contribution in [-0.4, -0.2) is 31.0 Å². The normalized spacial score (nSPS) is 11.3. The Balaban J connectivity index is 2.58. The topological polar surface area (TPSA) is 67.4 Å². The van der Waals surface area contributed by atoms with Gasteiger partial charge in [0.2, 0.25) is 11.8 Å². The summed E-state index contributed by atoms with van der Waals surface area (Å²) < 4.78 is 6.10. The highest BCUT2D eigenvalue weighted by molar-refractivity contribution is 9.10. The number of nitrogens with one attached hydrogen (secondary N) is 2. The van der Waals surface area contributed by atoms with Crippen molar-refractivity contribution < 1.29 is 14.3 Å². The molecule has 1 aromatic rings. The maximum atomic E-state index is 11.7. The predicted molar refractivity (Wildman–Crippen MR) is 90.6 cm³/mol. The van der Waals surface area contributed by atoms with E-state index in [4.69, 9.17) is 4.74 Å². The summed E-state index contributed by atoms with van der Waals surface area (Å²) >= 11 is 3.37. The smallest absolute Gasteiger partial charge is 0.244 e. The number of hydrogen-bond acceptors (Lipinski definition) is 3. The number of hydrogen-bond donors (Lipinski definition) is 2. The van der Waals surface area contributed by atoms with Gasteiger partial charge in [0.1, 0.15) is 5.75 Å². The Morgan fingerprint density at radius 2 is 2.00 bits per heavy atom. The third kappa shape index (κ3) is 6.76. The van der Waals surface area contributed by atoms with Crippen LogP contribution >= 0.6 is 15.9 Å². The molecule has 120 valence electrons. The van der Waals surface area contributed by atoms with Gasteiger partial charge in [-0.3, -0.25) is 9.59 Å². The van der Waals surface area contributed by atoms with Gasteiger partial charge >= 0.3 is 0 Å². The van der Waals surface area contributed by atoms with Crippen LogP contribution in [0.25, 0.3) is 6.08 Å². The summed E-state index contributed by atoms with van der Waals surface area (Å²) in [6.07, 6.45) is 3.01. The van der Waals surface area contributed by atoms with Crippen LogP contribution in [0.4, 0.5) is 0 Å². The molecule has 0 saturated carbocycles. The van der Waals surface area contributed by atoms with E-state index in [1.54, 1.807) is 19.3 Å². The van der Waals surface area contributed by atoms with E-state index in [0.29, 0.717) is 5.75 Å². The minimum absolute atomic E-state index is 0.0595. The van der Waals surface area contributed by atoms with E-state index in [1.807, 2.05) is 32.9 Å². The third-order valence-electron chi connectivity index (χ3n) is 2.54.